The molecule has 0 saturated carbocycles. The van der Waals surface area contributed by atoms with Gasteiger partial charge in [-0.25, -0.2) is 0 Å². The Kier molecular flexibility index (Phi) is 3.24. The quantitative estimate of drug-likeness (QED) is 0.813. The number of methoxy groups -OCH3 is 1. The highest BCUT2D eigenvalue weighted by Gasteiger charge is 2.49. The van der Waals surface area contributed by atoms with E-state index in [1.807, 2.05) is 6.92 Å². The zero-order valence-corrected chi connectivity index (χ0v) is 13.2. The first-order valence-corrected chi connectivity index (χ1v) is 7.98. The fourth-order valence-corrected chi connectivity index (χ4v) is 4.28. The molecule has 7 heteroatoms. The van der Waals surface area contributed by atoms with Gasteiger partial charge in [0, 0.05) is 25.6 Å². The second-order valence-electron chi connectivity index (χ2n) is 6.42. The van der Waals surface area contributed by atoms with Gasteiger partial charge in [0.25, 0.3) is 5.91 Å². The van der Waals surface area contributed by atoms with Crippen molar-refractivity contribution in [2.75, 3.05) is 20.3 Å². The van der Waals surface area contributed by atoms with Gasteiger partial charge in [-0.15, -0.1) is 0 Å². The number of pyridine rings is 1. The highest BCUT2D eigenvalue weighted by atomic mass is 16.5. The highest BCUT2D eigenvalue weighted by molar-refractivity contribution is 5.96. The van der Waals surface area contributed by atoms with E-state index in [0.29, 0.717) is 25.3 Å². The highest BCUT2D eigenvalue weighted by Crippen LogP contribution is 2.45. The van der Waals surface area contributed by atoms with Gasteiger partial charge in [0.15, 0.2) is 11.4 Å². The topological polar surface area (TPSA) is 81.0 Å². The molecule has 1 saturated heterocycles. The molecular formula is C16H20N2O5. The van der Waals surface area contributed by atoms with E-state index in [1.165, 1.54) is 13.2 Å². The van der Waals surface area contributed by atoms with Gasteiger partial charge in [0.1, 0.15) is 0 Å². The summed E-state index contributed by atoms with van der Waals surface area (Å²) in [6, 6.07) is 1.15. The van der Waals surface area contributed by atoms with E-state index in [2.05, 4.69) is 0 Å². The summed E-state index contributed by atoms with van der Waals surface area (Å²) < 4.78 is 12.9. The van der Waals surface area contributed by atoms with Crippen LogP contribution in [0.15, 0.2) is 10.9 Å². The van der Waals surface area contributed by atoms with Crippen molar-refractivity contribution in [3.8, 4) is 5.75 Å². The predicted molar refractivity (Wildman–Crippen MR) is 80.7 cm³/mol. The number of ether oxygens (including phenoxy) is 2. The zero-order chi connectivity index (χ0) is 16.3. The molecule has 3 unspecified atom stereocenters. The maximum absolute atomic E-state index is 13.1. The third-order valence-electron chi connectivity index (χ3n) is 5.20. The Balaban J connectivity index is 1.98. The second-order valence-corrected chi connectivity index (χ2v) is 6.42. The molecule has 0 bridgehead atoms. The van der Waals surface area contributed by atoms with Gasteiger partial charge in [0.2, 0.25) is 5.43 Å². The van der Waals surface area contributed by atoms with Crippen LogP contribution in [0, 0.1) is 0 Å². The van der Waals surface area contributed by atoms with Crippen molar-refractivity contribution in [1.82, 2.24) is 9.47 Å². The van der Waals surface area contributed by atoms with Crippen LogP contribution in [0.3, 0.4) is 0 Å². The number of nitrogens with zero attached hydrogens (tertiary/aromatic N) is 2. The number of amides is 1. The molecule has 0 spiro atoms. The third kappa shape index (κ3) is 1.89. The van der Waals surface area contributed by atoms with E-state index in [1.54, 1.807) is 9.47 Å². The number of rotatable bonds is 1. The summed E-state index contributed by atoms with van der Waals surface area (Å²) in [6.45, 7) is 3.15. The first-order valence-electron chi connectivity index (χ1n) is 7.98. The normalized spacial score (nSPS) is 32.3. The van der Waals surface area contributed by atoms with Crippen molar-refractivity contribution in [2.45, 2.75) is 44.1 Å². The van der Waals surface area contributed by atoms with Crippen LogP contribution in [-0.2, 0) is 4.74 Å². The molecule has 23 heavy (non-hydrogen) atoms. The van der Waals surface area contributed by atoms with Crippen LogP contribution in [0.5, 0.6) is 5.75 Å². The number of carbonyl (C=O) groups excluding carboxylic acids is 1. The van der Waals surface area contributed by atoms with E-state index in [0.717, 1.165) is 6.42 Å². The van der Waals surface area contributed by atoms with E-state index in [9.17, 15) is 14.7 Å². The molecule has 4 atom stereocenters. The van der Waals surface area contributed by atoms with Crippen molar-refractivity contribution in [3.05, 3.63) is 27.7 Å². The number of carbonyl (C=O) groups is 1. The van der Waals surface area contributed by atoms with Crippen LogP contribution in [-0.4, -0.2) is 52.9 Å². The Morgan fingerprint density at radius 2 is 2.17 bits per heavy atom. The second kappa shape index (κ2) is 5.07. The molecule has 4 rings (SSSR count). The van der Waals surface area contributed by atoms with Crippen molar-refractivity contribution < 1.29 is 19.4 Å². The Labute approximate surface area is 133 Å². The van der Waals surface area contributed by atoms with Crippen LogP contribution >= 0.6 is 0 Å². The smallest absolute Gasteiger partial charge is 0.274 e. The van der Waals surface area contributed by atoms with E-state index in [-0.39, 0.29) is 41.0 Å². The van der Waals surface area contributed by atoms with Gasteiger partial charge < -0.3 is 24.0 Å². The Morgan fingerprint density at radius 1 is 1.39 bits per heavy atom. The number of aliphatic hydroxyl groups excluding tert-OH is 1. The van der Waals surface area contributed by atoms with Crippen LogP contribution in [0.1, 0.15) is 48.1 Å². The molecule has 3 aliphatic rings. The van der Waals surface area contributed by atoms with Gasteiger partial charge in [0.05, 0.1) is 37.1 Å². The minimum Gasteiger partial charge on any atom is -0.491 e. The minimum atomic E-state index is -0.749. The van der Waals surface area contributed by atoms with Crippen molar-refractivity contribution in [1.29, 1.82) is 0 Å². The van der Waals surface area contributed by atoms with E-state index in [4.69, 9.17) is 9.47 Å². The molecule has 1 fully saturated rings. The summed E-state index contributed by atoms with van der Waals surface area (Å²) in [5, 5.41) is 10.4. The van der Waals surface area contributed by atoms with Crippen molar-refractivity contribution >= 4 is 5.91 Å². The van der Waals surface area contributed by atoms with Gasteiger partial charge in [-0.2, -0.15) is 0 Å². The molecule has 7 nitrogen and oxygen atoms in total. The lowest BCUT2D eigenvalue weighted by atomic mass is 9.95. The molecule has 0 aliphatic carbocycles. The summed E-state index contributed by atoms with van der Waals surface area (Å²) in [5.74, 6) is -0.150. The molecule has 1 aromatic rings. The average Bonchev–Trinajstić information content (AvgIpc) is 2.71. The molecule has 0 aromatic carbocycles. The summed E-state index contributed by atoms with van der Waals surface area (Å²) in [7, 11) is 1.40. The number of aromatic nitrogens is 1. The van der Waals surface area contributed by atoms with Crippen molar-refractivity contribution in [2.24, 2.45) is 0 Å². The number of hydrogen-bond donors (Lipinski definition) is 1. The Bertz CT molecular complexity index is 728. The van der Waals surface area contributed by atoms with Crippen LogP contribution < -0.4 is 10.2 Å². The van der Waals surface area contributed by atoms with Crippen LogP contribution in [0.25, 0.3) is 0 Å². The molecule has 3 aliphatic heterocycles. The lowest BCUT2D eigenvalue weighted by Crippen LogP contribution is -2.54. The fraction of sp³-hybridized carbons (Fsp3) is 0.625. The van der Waals surface area contributed by atoms with E-state index < -0.39 is 6.10 Å². The SMILES string of the molecule is COc1c2n3c(cc1=O)C(O)CC3C1[C@@H](C)OCCCN1C2=O. The Hall–Kier alpha value is -1.86. The van der Waals surface area contributed by atoms with Gasteiger partial charge >= 0.3 is 0 Å². The molecule has 4 heterocycles. The Morgan fingerprint density at radius 3 is 2.91 bits per heavy atom. The van der Waals surface area contributed by atoms with Gasteiger partial charge in [-0.1, -0.05) is 0 Å². The summed E-state index contributed by atoms with van der Waals surface area (Å²) in [4.78, 5) is 27.1. The number of hydrogen-bond acceptors (Lipinski definition) is 5. The first kappa shape index (κ1) is 14.7. The lowest BCUT2D eigenvalue weighted by molar-refractivity contribution is -0.00209. The maximum atomic E-state index is 13.1. The molecular weight excluding hydrogens is 300 g/mol. The van der Waals surface area contributed by atoms with Crippen LogP contribution in [0.2, 0.25) is 0 Å². The first-order chi connectivity index (χ1) is 11.0. The van der Waals surface area contributed by atoms with E-state index >= 15 is 0 Å². The molecule has 1 N–H and O–H groups in total. The van der Waals surface area contributed by atoms with Crippen molar-refractivity contribution in [3.63, 3.8) is 0 Å². The predicted octanol–water partition coefficient (Wildman–Crippen LogP) is 0.468. The molecule has 1 amide bonds. The zero-order valence-electron chi connectivity index (χ0n) is 13.2. The molecule has 1 aromatic heterocycles. The van der Waals surface area contributed by atoms with Crippen LogP contribution in [0.4, 0.5) is 0 Å². The fourth-order valence-electron chi connectivity index (χ4n) is 4.28. The largest absolute Gasteiger partial charge is 0.491 e. The van der Waals surface area contributed by atoms with Gasteiger partial charge in [-0.05, 0) is 13.3 Å². The molecule has 124 valence electrons. The lowest BCUT2D eigenvalue weighted by Gasteiger charge is -2.43. The standard InChI is InChI=1S/C16H20N2O5/c1-8-13-10-7-11(19)9-6-12(20)15(22-2)14(18(9)10)16(21)17(13)4-3-5-23-8/h6,8,10-11,13,19H,3-5,7H2,1-2H3/t8-,10?,11?,13?/m1/s1. The maximum Gasteiger partial charge on any atom is 0.274 e. The average molecular weight is 320 g/mol. The summed E-state index contributed by atoms with van der Waals surface area (Å²) in [6.07, 6.45) is 0.360. The third-order valence-corrected chi connectivity index (χ3v) is 5.20. The number of fused-ring (bicyclic) bond motifs is 2. The minimum absolute atomic E-state index is 0.0640. The summed E-state index contributed by atoms with van der Waals surface area (Å²) in [5.41, 5.74) is 0.404. The monoisotopic (exact) mass is 320 g/mol. The molecule has 0 radical (unpaired) electrons. The summed E-state index contributed by atoms with van der Waals surface area (Å²) >= 11 is 0. The van der Waals surface area contributed by atoms with Gasteiger partial charge in [-0.3, -0.25) is 9.59 Å². The number of aliphatic hydroxyl groups is 1.